The van der Waals surface area contributed by atoms with Gasteiger partial charge in [0.15, 0.2) is 5.16 Å². The van der Waals surface area contributed by atoms with Crippen LogP contribution in [0.5, 0.6) is 0 Å². The zero-order valence-electron chi connectivity index (χ0n) is 11.4. The molecule has 108 valence electrons. The Hall–Kier alpha value is -1.79. The van der Waals surface area contributed by atoms with Gasteiger partial charge in [-0.3, -0.25) is 4.79 Å². The second kappa shape index (κ2) is 5.91. The van der Waals surface area contributed by atoms with Gasteiger partial charge >= 0.3 is 5.97 Å². The van der Waals surface area contributed by atoms with Crippen LogP contribution in [0.15, 0.2) is 40.2 Å². The zero-order valence-corrected chi connectivity index (χ0v) is 13.1. The molecule has 0 fully saturated rings. The van der Waals surface area contributed by atoms with Gasteiger partial charge in [-0.2, -0.15) is 11.3 Å². The molecule has 2 heterocycles. The largest absolute Gasteiger partial charge is 0.481 e. The average molecular weight is 318 g/mol. The Morgan fingerprint density at radius 2 is 2.29 bits per heavy atom. The Bertz CT molecular complexity index is 778. The van der Waals surface area contributed by atoms with Gasteiger partial charge in [-0.1, -0.05) is 23.9 Å². The van der Waals surface area contributed by atoms with Crippen LogP contribution >= 0.6 is 23.1 Å². The standard InChI is InChI=1S/C15H14N2O2S2/c1-10-3-2-4-12-14(10)17(7-11-5-6-20-8-11)15(16-12)21-9-13(18)19/h2-6,8H,7,9H2,1H3,(H,18,19). The maximum atomic E-state index is 10.8. The first-order valence-electron chi connectivity index (χ1n) is 6.46. The van der Waals surface area contributed by atoms with Gasteiger partial charge in [-0.15, -0.1) is 0 Å². The molecular formula is C15H14N2O2S2. The van der Waals surface area contributed by atoms with E-state index in [1.54, 1.807) is 11.3 Å². The number of carbonyl (C=O) groups is 1. The van der Waals surface area contributed by atoms with Crippen molar-refractivity contribution < 1.29 is 9.90 Å². The molecule has 3 aromatic rings. The minimum absolute atomic E-state index is 0.0198. The third-order valence-electron chi connectivity index (χ3n) is 3.18. The number of aromatic nitrogens is 2. The lowest BCUT2D eigenvalue weighted by atomic mass is 10.2. The summed E-state index contributed by atoms with van der Waals surface area (Å²) < 4.78 is 2.11. The highest BCUT2D eigenvalue weighted by atomic mass is 32.2. The number of imidazole rings is 1. The molecule has 1 aromatic carbocycles. The van der Waals surface area contributed by atoms with Crippen LogP contribution in [0.25, 0.3) is 11.0 Å². The van der Waals surface area contributed by atoms with Crippen molar-refractivity contribution in [3.05, 3.63) is 46.2 Å². The molecule has 0 bridgehead atoms. The Balaban J connectivity index is 2.07. The molecule has 0 atom stereocenters. The van der Waals surface area contributed by atoms with Crippen LogP contribution in [-0.2, 0) is 11.3 Å². The molecule has 2 aromatic heterocycles. The Labute approximate surface area is 130 Å². The lowest BCUT2D eigenvalue weighted by Gasteiger charge is -2.08. The number of hydrogen-bond acceptors (Lipinski definition) is 4. The average Bonchev–Trinajstić information content (AvgIpc) is 3.06. The summed E-state index contributed by atoms with van der Waals surface area (Å²) in [6.07, 6.45) is 0. The highest BCUT2D eigenvalue weighted by Gasteiger charge is 2.14. The number of fused-ring (bicyclic) bond motifs is 1. The predicted molar refractivity (Wildman–Crippen MR) is 86.3 cm³/mol. The highest BCUT2D eigenvalue weighted by Crippen LogP contribution is 2.27. The molecule has 3 rings (SSSR count). The number of aliphatic carboxylic acids is 1. The van der Waals surface area contributed by atoms with Crippen molar-refractivity contribution in [1.29, 1.82) is 0 Å². The van der Waals surface area contributed by atoms with Gasteiger partial charge in [-0.05, 0) is 40.9 Å². The summed E-state index contributed by atoms with van der Waals surface area (Å²) in [5, 5.41) is 13.8. The molecule has 4 nitrogen and oxygen atoms in total. The van der Waals surface area contributed by atoms with Crippen LogP contribution in [0.3, 0.4) is 0 Å². The number of aryl methyl sites for hydroxylation is 1. The van der Waals surface area contributed by atoms with Crippen molar-refractivity contribution in [3.63, 3.8) is 0 Å². The van der Waals surface area contributed by atoms with Gasteiger partial charge in [0.25, 0.3) is 0 Å². The number of hydrogen-bond donors (Lipinski definition) is 1. The summed E-state index contributed by atoms with van der Waals surface area (Å²) >= 11 is 2.93. The van der Waals surface area contributed by atoms with Gasteiger partial charge in [0.05, 0.1) is 23.3 Å². The topological polar surface area (TPSA) is 55.1 Å². The van der Waals surface area contributed by atoms with E-state index in [9.17, 15) is 4.79 Å². The van der Waals surface area contributed by atoms with Crippen molar-refractivity contribution in [2.45, 2.75) is 18.6 Å². The Morgan fingerprint density at radius 3 is 3.00 bits per heavy atom. The highest BCUT2D eigenvalue weighted by molar-refractivity contribution is 7.99. The number of thioether (sulfide) groups is 1. The van der Waals surface area contributed by atoms with Crippen LogP contribution in [0.2, 0.25) is 0 Å². The number of carboxylic acids is 1. The maximum absolute atomic E-state index is 10.8. The first-order valence-corrected chi connectivity index (χ1v) is 8.39. The first kappa shape index (κ1) is 14.2. The first-order chi connectivity index (χ1) is 10.1. The molecule has 0 spiro atoms. The van der Waals surface area contributed by atoms with Gasteiger partial charge < -0.3 is 9.67 Å². The van der Waals surface area contributed by atoms with Crippen molar-refractivity contribution in [2.24, 2.45) is 0 Å². The van der Waals surface area contributed by atoms with Gasteiger partial charge in [0, 0.05) is 0 Å². The number of nitrogens with zero attached hydrogens (tertiary/aromatic N) is 2. The van der Waals surface area contributed by atoms with Gasteiger partial charge in [0.2, 0.25) is 0 Å². The molecule has 21 heavy (non-hydrogen) atoms. The number of thiophene rings is 1. The lowest BCUT2D eigenvalue weighted by molar-refractivity contribution is -0.133. The molecule has 0 amide bonds. The fraction of sp³-hybridized carbons (Fsp3) is 0.200. The molecule has 0 aliphatic rings. The second-order valence-corrected chi connectivity index (χ2v) is 6.46. The summed E-state index contributed by atoms with van der Waals surface area (Å²) in [6, 6.07) is 8.09. The summed E-state index contributed by atoms with van der Waals surface area (Å²) in [6.45, 7) is 2.77. The molecule has 1 N–H and O–H groups in total. The van der Waals surface area contributed by atoms with Crippen molar-refractivity contribution in [3.8, 4) is 0 Å². The number of benzene rings is 1. The number of rotatable bonds is 5. The monoisotopic (exact) mass is 318 g/mol. The van der Waals surface area contributed by atoms with Gasteiger partial charge in [-0.25, -0.2) is 4.98 Å². The molecule has 0 saturated carbocycles. The SMILES string of the molecule is Cc1cccc2nc(SCC(=O)O)n(Cc3ccsc3)c12. The molecule has 0 saturated heterocycles. The fourth-order valence-electron chi connectivity index (χ4n) is 2.29. The third-order valence-corrected chi connectivity index (χ3v) is 4.87. The molecule has 0 aliphatic heterocycles. The lowest BCUT2D eigenvalue weighted by Crippen LogP contribution is -2.04. The number of carboxylic acid groups (broad SMARTS) is 1. The van der Waals surface area contributed by atoms with E-state index in [1.165, 1.54) is 17.3 Å². The molecule has 0 radical (unpaired) electrons. The quantitative estimate of drug-likeness (QED) is 0.730. The van der Waals surface area contributed by atoms with E-state index in [2.05, 4.69) is 34.0 Å². The van der Waals surface area contributed by atoms with Crippen LogP contribution in [0, 0.1) is 6.92 Å². The van der Waals surface area contributed by atoms with E-state index < -0.39 is 5.97 Å². The normalized spacial score (nSPS) is 11.1. The minimum atomic E-state index is -0.828. The van der Waals surface area contributed by atoms with Crippen molar-refractivity contribution >= 4 is 40.1 Å². The van der Waals surface area contributed by atoms with Crippen LogP contribution < -0.4 is 0 Å². The minimum Gasteiger partial charge on any atom is -0.481 e. The summed E-state index contributed by atoms with van der Waals surface area (Å²) in [4.78, 5) is 15.4. The molecule has 0 aliphatic carbocycles. The van der Waals surface area contributed by atoms with Crippen LogP contribution in [0.1, 0.15) is 11.1 Å². The Kier molecular flexibility index (Phi) is 3.98. The molecular weight excluding hydrogens is 304 g/mol. The maximum Gasteiger partial charge on any atom is 0.313 e. The second-order valence-electron chi connectivity index (χ2n) is 4.74. The predicted octanol–water partition coefficient (Wildman–Crippen LogP) is 3.63. The molecule has 6 heteroatoms. The summed E-state index contributed by atoms with van der Waals surface area (Å²) in [5.41, 5.74) is 4.35. The van der Waals surface area contributed by atoms with Crippen molar-refractivity contribution in [1.82, 2.24) is 9.55 Å². The van der Waals surface area contributed by atoms with E-state index in [0.29, 0.717) is 6.54 Å². The smallest absolute Gasteiger partial charge is 0.313 e. The third kappa shape index (κ3) is 2.96. The number of para-hydroxylation sites is 1. The van der Waals surface area contributed by atoms with E-state index in [0.717, 1.165) is 21.8 Å². The van der Waals surface area contributed by atoms with E-state index in [-0.39, 0.29) is 5.75 Å². The zero-order chi connectivity index (χ0) is 14.8. The molecule has 0 unspecified atom stereocenters. The van der Waals surface area contributed by atoms with E-state index in [1.807, 2.05) is 17.5 Å². The van der Waals surface area contributed by atoms with Crippen molar-refractivity contribution in [2.75, 3.05) is 5.75 Å². The fourth-order valence-corrected chi connectivity index (χ4v) is 3.68. The summed E-state index contributed by atoms with van der Waals surface area (Å²) in [5.74, 6) is -0.808. The van der Waals surface area contributed by atoms with E-state index >= 15 is 0 Å². The van der Waals surface area contributed by atoms with Crippen LogP contribution in [0.4, 0.5) is 0 Å². The van der Waals surface area contributed by atoms with Gasteiger partial charge in [0.1, 0.15) is 0 Å². The van der Waals surface area contributed by atoms with E-state index in [4.69, 9.17) is 5.11 Å². The summed E-state index contributed by atoms with van der Waals surface area (Å²) in [7, 11) is 0. The van der Waals surface area contributed by atoms with Crippen LogP contribution in [-0.4, -0.2) is 26.4 Å². The Morgan fingerprint density at radius 1 is 1.43 bits per heavy atom.